The molecule has 3 aliphatic heterocycles. The maximum absolute atomic E-state index is 15.0. The van der Waals surface area contributed by atoms with E-state index in [-0.39, 0.29) is 46.4 Å². The van der Waals surface area contributed by atoms with Gasteiger partial charge in [-0.1, -0.05) is 85.8 Å². The molecule has 7 nitrogen and oxygen atoms in total. The van der Waals surface area contributed by atoms with Gasteiger partial charge in [-0.25, -0.2) is 0 Å². The summed E-state index contributed by atoms with van der Waals surface area (Å²) in [6.45, 7) is 12.5. The molecule has 3 unspecified atom stereocenters. The molecule has 3 saturated heterocycles. The van der Waals surface area contributed by atoms with Gasteiger partial charge in [-0.05, 0) is 37.3 Å². The number of aliphatic hydroxyl groups excluding tert-OH is 1. The van der Waals surface area contributed by atoms with E-state index in [4.69, 9.17) is 0 Å². The lowest BCUT2D eigenvalue weighted by molar-refractivity contribution is -0.148. The average Bonchev–Trinajstić information content (AvgIpc) is 3.62. The van der Waals surface area contributed by atoms with Crippen molar-refractivity contribution >= 4 is 51.1 Å². The maximum Gasteiger partial charge on any atom is 0.247 e. The number of rotatable bonds is 12. The third-order valence-electron chi connectivity index (χ3n) is 10.4. The minimum Gasteiger partial charge on any atom is -0.394 e. The van der Waals surface area contributed by atoms with Crippen LogP contribution >= 0.6 is 27.7 Å². The molecule has 3 heterocycles. The Hall–Kier alpha value is -2.10. The number of anilines is 1. The molecule has 234 valence electrons. The van der Waals surface area contributed by atoms with Crippen molar-refractivity contribution in [3.8, 4) is 0 Å². The van der Waals surface area contributed by atoms with Crippen molar-refractivity contribution < 1.29 is 19.5 Å². The van der Waals surface area contributed by atoms with Gasteiger partial charge in [-0.3, -0.25) is 14.4 Å². The largest absolute Gasteiger partial charge is 0.394 e. The quantitative estimate of drug-likeness (QED) is 0.237. The van der Waals surface area contributed by atoms with E-state index in [2.05, 4.69) is 29.1 Å². The molecule has 3 amide bonds. The Morgan fingerprint density at radius 2 is 1.81 bits per heavy atom. The Labute approximate surface area is 269 Å². The van der Waals surface area contributed by atoms with Crippen molar-refractivity contribution in [1.29, 1.82) is 0 Å². The third kappa shape index (κ3) is 5.52. The molecule has 1 aromatic rings. The number of carbonyl (C=O) groups is 3. The summed E-state index contributed by atoms with van der Waals surface area (Å²) < 4.78 is -0.765. The number of hydrogen-bond acceptors (Lipinski definition) is 5. The summed E-state index contributed by atoms with van der Waals surface area (Å²) in [5.41, 5.74) is 0.762. The fraction of sp³-hybridized carbons (Fsp3) is 0.618. The third-order valence-corrected chi connectivity index (χ3v) is 13.6. The standard InChI is InChI=1S/C34H46BrN3O4S/c1-5-18-36(23-14-10-8-11-15-23)31(40)27-28-32(41)38(26(21-39)22(4)7-3)30(34(28)20-25(35)29(27)43-34)33(42)37(19-6-2)24-16-12-9-13-17-24/h5-6,8,10-11,14-15,22,24-30,39H,1-2,7,9,12-13,16-21H2,3-4H3/t22-,25?,26-,27+,28-,29+,30?,34?/m0/s1. The minimum absolute atomic E-state index is 0.0142. The summed E-state index contributed by atoms with van der Waals surface area (Å²) in [7, 11) is 0. The first kappa shape index (κ1) is 32.3. The van der Waals surface area contributed by atoms with Crippen molar-refractivity contribution in [3.05, 3.63) is 55.6 Å². The van der Waals surface area contributed by atoms with Gasteiger partial charge in [0, 0.05) is 34.9 Å². The lowest BCUT2D eigenvalue weighted by atomic mass is 9.70. The number of thioether (sulfide) groups is 1. The molecular formula is C34H46BrN3O4S. The van der Waals surface area contributed by atoms with Gasteiger partial charge in [-0.15, -0.1) is 24.9 Å². The molecule has 4 fully saturated rings. The number of hydrogen-bond donors (Lipinski definition) is 1. The average molecular weight is 673 g/mol. The molecule has 0 aromatic heterocycles. The first-order chi connectivity index (χ1) is 20.7. The number of likely N-dealkylation sites (tertiary alicyclic amines) is 1. The van der Waals surface area contributed by atoms with Gasteiger partial charge in [-0.2, -0.15) is 0 Å². The molecule has 1 saturated carbocycles. The number of carbonyl (C=O) groups excluding carboxylic acids is 3. The highest BCUT2D eigenvalue weighted by atomic mass is 79.9. The SMILES string of the molecule is C=CCN(C(=O)[C@H]1[C@@H]2SC3(CC2Br)C(C(=O)N(CC=C)C2CCCCC2)N([C@@H](CO)[C@@H](C)CC)C(=O)[C@H]13)c1ccccc1. The Kier molecular flexibility index (Phi) is 10.1. The molecule has 5 rings (SSSR count). The number of fused-ring (bicyclic) bond motifs is 1. The fourth-order valence-electron chi connectivity index (χ4n) is 8.15. The molecule has 1 N–H and O–H groups in total. The van der Waals surface area contributed by atoms with Crippen LogP contribution in [0.5, 0.6) is 0 Å². The first-order valence-corrected chi connectivity index (χ1v) is 17.7. The number of aliphatic hydroxyl groups is 1. The van der Waals surface area contributed by atoms with Crippen LogP contribution in [0, 0.1) is 17.8 Å². The molecular weight excluding hydrogens is 626 g/mol. The van der Waals surface area contributed by atoms with E-state index in [9.17, 15) is 19.5 Å². The summed E-state index contributed by atoms with van der Waals surface area (Å²) in [6.07, 6.45) is 10.1. The summed E-state index contributed by atoms with van der Waals surface area (Å²) in [4.78, 5) is 49.7. The number of amides is 3. The van der Waals surface area contributed by atoms with Crippen LogP contribution in [-0.2, 0) is 14.4 Å². The smallest absolute Gasteiger partial charge is 0.247 e. The van der Waals surface area contributed by atoms with Gasteiger partial charge in [0.25, 0.3) is 0 Å². The van der Waals surface area contributed by atoms with Crippen molar-refractivity contribution in [2.24, 2.45) is 17.8 Å². The predicted molar refractivity (Wildman–Crippen MR) is 177 cm³/mol. The predicted octanol–water partition coefficient (Wildman–Crippen LogP) is 5.42. The van der Waals surface area contributed by atoms with E-state index in [0.29, 0.717) is 19.5 Å². The van der Waals surface area contributed by atoms with E-state index in [1.807, 2.05) is 49.1 Å². The summed E-state index contributed by atoms with van der Waals surface area (Å²) >= 11 is 5.57. The van der Waals surface area contributed by atoms with Crippen LogP contribution in [0.2, 0.25) is 0 Å². The van der Waals surface area contributed by atoms with E-state index in [0.717, 1.165) is 37.8 Å². The molecule has 4 aliphatic rings. The van der Waals surface area contributed by atoms with Gasteiger partial charge in [0.1, 0.15) is 6.04 Å². The molecule has 9 heteroatoms. The molecule has 43 heavy (non-hydrogen) atoms. The van der Waals surface area contributed by atoms with E-state index >= 15 is 0 Å². The zero-order valence-corrected chi connectivity index (χ0v) is 27.8. The Morgan fingerprint density at radius 3 is 2.42 bits per heavy atom. The van der Waals surface area contributed by atoms with Crippen LogP contribution < -0.4 is 4.90 Å². The lowest BCUT2D eigenvalue weighted by Gasteiger charge is -2.43. The van der Waals surface area contributed by atoms with E-state index in [1.54, 1.807) is 33.7 Å². The number of alkyl halides is 1. The van der Waals surface area contributed by atoms with Crippen LogP contribution in [0.25, 0.3) is 0 Å². The number of benzene rings is 1. The van der Waals surface area contributed by atoms with Crippen LogP contribution in [0.3, 0.4) is 0 Å². The monoisotopic (exact) mass is 671 g/mol. The molecule has 1 aromatic carbocycles. The van der Waals surface area contributed by atoms with Crippen molar-refractivity contribution in [1.82, 2.24) is 9.80 Å². The minimum atomic E-state index is -0.765. The van der Waals surface area contributed by atoms with Gasteiger partial charge in [0.2, 0.25) is 17.7 Å². The molecule has 0 radical (unpaired) electrons. The number of nitrogens with zero attached hydrogens (tertiary/aromatic N) is 3. The van der Waals surface area contributed by atoms with Crippen molar-refractivity contribution in [2.45, 2.75) is 91.7 Å². The topological polar surface area (TPSA) is 81.2 Å². The number of halogens is 1. The summed E-state index contributed by atoms with van der Waals surface area (Å²) in [5.74, 6) is -1.60. The molecule has 1 spiro atoms. The van der Waals surface area contributed by atoms with Crippen molar-refractivity contribution in [2.75, 3.05) is 24.6 Å². The fourth-order valence-corrected chi connectivity index (χ4v) is 11.7. The van der Waals surface area contributed by atoms with Gasteiger partial charge in [0.05, 0.1) is 29.2 Å². The van der Waals surface area contributed by atoms with Crippen molar-refractivity contribution in [3.63, 3.8) is 0 Å². The zero-order valence-electron chi connectivity index (χ0n) is 25.4. The Morgan fingerprint density at radius 1 is 1.14 bits per heavy atom. The normalized spacial score (nSPS) is 31.4. The molecule has 2 bridgehead atoms. The van der Waals surface area contributed by atoms with Gasteiger partial charge >= 0.3 is 0 Å². The summed E-state index contributed by atoms with van der Waals surface area (Å²) in [6, 6.07) is 8.36. The zero-order chi connectivity index (χ0) is 30.9. The second-order valence-corrected chi connectivity index (χ2v) is 15.4. The number of para-hydroxylation sites is 1. The van der Waals surface area contributed by atoms with Gasteiger partial charge in [0.15, 0.2) is 0 Å². The second kappa shape index (κ2) is 13.5. The lowest BCUT2D eigenvalue weighted by Crippen LogP contribution is -2.60. The Balaban J connectivity index is 1.61. The van der Waals surface area contributed by atoms with E-state index < -0.39 is 28.7 Å². The van der Waals surface area contributed by atoms with E-state index in [1.165, 1.54) is 6.42 Å². The van der Waals surface area contributed by atoms with Crippen LogP contribution in [0.15, 0.2) is 55.6 Å². The highest BCUT2D eigenvalue weighted by molar-refractivity contribution is 9.09. The Bertz CT molecular complexity index is 1210. The molecule has 8 atom stereocenters. The highest BCUT2D eigenvalue weighted by Crippen LogP contribution is 2.68. The maximum atomic E-state index is 15.0. The van der Waals surface area contributed by atoms with Crippen LogP contribution in [0.4, 0.5) is 5.69 Å². The van der Waals surface area contributed by atoms with Gasteiger partial charge < -0.3 is 19.8 Å². The van der Waals surface area contributed by atoms with Crippen LogP contribution in [0.1, 0.15) is 58.8 Å². The van der Waals surface area contributed by atoms with Crippen LogP contribution in [-0.4, -0.2) is 85.3 Å². The molecule has 1 aliphatic carbocycles. The first-order valence-electron chi connectivity index (χ1n) is 15.9. The highest BCUT2D eigenvalue weighted by Gasteiger charge is 2.76. The second-order valence-electron chi connectivity index (χ2n) is 12.7. The summed E-state index contributed by atoms with van der Waals surface area (Å²) in [5, 5.41) is 10.6.